The lowest BCUT2D eigenvalue weighted by Gasteiger charge is -2.14. The summed E-state index contributed by atoms with van der Waals surface area (Å²) in [6.45, 7) is 1.83. The van der Waals surface area contributed by atoms with E-state index in [1.165, 1.54) is 0 Å². The summed E-state index contributed by atoms with van der Waals surface area (Å²) in [5.74, 6) is 0. The van der Waals surface area contributed by atoms with Crippen LogP contribution in [-0.4, -0.2) is 14.7 Å². The fourth-order valence-electron chi connectivity index (χ4n) is 1.38. The summed E-state index contributed by atoms with van der Waals surface area (Å²) in [4.78, 5) is 0. The average Bonchev–Trinajstić information content (AvgIpc) is 2.25. The van der Waals surface area contributed by atoms with Crippen LogP contribution < -0.4 is 0 Å². The minimum atomic E-state index is -3.49. The van der Waals surface area contributed by atoms with Crippen molar-refractivity contribution in [3.05, 3.63) is 35.4 Å². The summed E-state index contributed by atoms with van der Waals surface area (Å²) in [6, 6.07) is 8.77. The highest BCUT2D eigenvalue weighted by molar-refractivity contribution is 7.86. The van der Waals surface area contributed by atoms with Crippen LogP contribution in [0, 0.1) is 11.3 Å². The first kappa shape index (κ1) is 12.7. The van der Waals surface area contributed by atoms with E-state index < -0.39 is 16.2 Å². The molecule has 16 heavy (non-hydrogen) atoms. The Morgan fingerprint density at radius 2 is 2.19 bits per heavy atom. The van der Waals surface area contributed by atoms with Crippen LogP contribution in [0.2, 0.25) is 0 Å². The van der Waals surface area contributed by atoms with Crippen LogP contribution in [0.5, 0.6) is 0 Å². The molecule has 0 radical (unpaired) electrons. The molecule has 0 aliphatic rings. The summed E-state index contributed by atoms with van der Waals surface area (Å²) >= 11 is 0. The van der Waals surface area contributed by atoms with Crippen molar-refractivity contribution >= 4 is 10.1 Å². The van der Waals surface area contributed by atoms with Gasteiger partial charge in [0.05, 0.1) is 17.9 Å². The molecule has 86 valence electrons. The second kappa shape index (κ2) is 5.10. The fourth-order valence-corrected chi connectivity index (χ4v) is 2.05. The Bertz CT molecular complexity index is 502. The van der Waals surface area contributed by atoms with Gasteiger partial charge in [0, 0.05) is 0 Å². The quantitative estimate of drug-likeness (QED) is 0.753. The molecular formula is C11H13NO3S. The maximum Gasteiger partial charge on any atom is 0.264 e. The van der Waals surface area contributed by atoms with E-state index in [1.807, 2.05) is 13.0 Å². The molecule has 0 amide bonds. The molecule has 0 aliphatic carbocycles. The van der Waals surface area contributed by atoms with Crippen LogP contribution in [-0.2, 0) is 14.3 Å². The molecule has 0 saturated heterocycles. The third-order valence-corrected chi connectivity index (χ3v) is 2.63. The van der Waals surface area contributed by atoms with Gasteiger partial charge in [0.15, 0.2) is 0 Å². The summed E-state index contributed by atoms with van der Waals surface area (Å²) in [6.07, 6.45) is 1.02. The molecule has 1 aromatic carbocycles. The second-order valence-corrected chi connectivity index (χ2v) is 5.04. The average molecular weight is 239 g/mol. The number of benzene rings is 1. The number of hydrogen-bond acceptors (Lipinski definition) is 4. The molecule has 0 bridgehead atoms. The minimum Gasteiger partial charge on any atom is -0.262 e. The Morgan fingerprint density at radius 1 is 1.50 bits per heavy atom. The second-order valence-electron chi connectivity index (χ2n) is 3.43. The first-order valence-corrected chi connectivity index (χ1v) is 6.66. The molecule has 1 aromatic rings. The highest BCUT2D eigenvalue weighted by atomic mass is 32.2. The Morgan fingerprint density at radius 3 is 2.69 bits per heavy atom. The van der Waals surface area contributed by atoms with Crippen molar-refractivity contribution in [2.45, 2.75) is 19.4 Å². The monoisotopic (exact) mass is 239 g/mol. The van der Waals surface area contributed by atoms with Crippen LogP contribution in [0.25, 0.3) is 0 Å². The lowest BCUT2D eigenvalue weighted by atomic mass is 10.1. The molecule has 0 aliphatic heterocycles. The highest BCUT2D eigenvalue weighted by Gasteiger charge is 2.15. The van der Waals surface area contributed by atoms with Gasteiger partial charge >= 0.3 is 0 Å². The van der Waals surface area contributed by atoms with E-state index in [9.17, 15) is 8.42 Å². The van der Waals surface area contributed by atoms with Gasteiger partial charge in [0.1, 0.15) is 6.10 Å². The summed E-state index contributed by atoms with van der Waals surface area (Å²) in [7, 11) is -3.49. The van der Waals surface area contributed by atoms with E-state index in [1.54, 1.807) is 24.3 Å². The predicted molar refractivity (Wildman–Crippen MR) is 60.1 cm³/mol. The van der Waals surface area contributed by atoms with Gasteiger partial charge in [-0.05, 0) is 24.1 Å². The molecule has 5 heteroatoms. The maximum absolute atomic E-state index is 11.0. The zero-order valence-electron chi connectivity index (χ0n) is 9.17. The van der Waals surface area contributed by atoms with Crippen molar-refractivity contribution < 1.29 is 12.6 Å². The van der Waals surface area contributed by atoms with Gasteiger partial charge in [-0.2, -0.15) is 13.7 Å². The SMILES string of the molecule is CC[C@H](OS(C)(=O)=O)c1cccc(C#N)c1. The normalized spacial score (nSPS) is 13.1. The number of rotatable bonds is 4. The Hall–Kier alpha value is -1.38. The third kappa shape index (κ3) is 3.65. The van der Waals surface area contributed by atoms with E-state index in [-0.39, 0.29) is 0 Å². The summed E-state index contributed by atoms with van der Waals surface area (Å²) < 4.78 is 27.0. The molecule has 1 atom stereocenters. The lowest BCUT2D eigenvalue weighted by Crippen LogP contribution is -2.09. The van der Waals surface area contributed by atoms with E-state index >= 15 is 0 Å². The third-order valence-electron chi connectivity index (χ3n) is 2.05. The maximum atomic E-state index is 11.0. The summed E-state index contributed by atoms with van der Waals surface area (Å²) in [5, 5.41) is 8.74. The van der Waals surface area contributed by atoms with Crippen LogP contribution in [0.15, 0.2) is 24.3 Å². The summed E-state index contributed by atoms with van der Waals surface area (Å²) in [5.41, 5.74) is 1.19. The first-order chi connectivity index (χ1) is 7.46. The van der Waals surface area contributed by atoms with Gasteiger partial charge in [-0.25, -0.2) is 0 Å². The molecule has 1 rings (SSSR count). The van der Waals surface area contributed by atoms with E-state index in [0.717, 1.165) is 6.26 Å². The van der Waals surface area contributed by atoms with Crippen LogP contribution in [0.4, 0.5) is 0 Å². The largest absolute Gasteiger partial charge is 0.264 e. The van der Waals surface area contributed by atoms with Gasteiger partial charge in [-0.15, -0.1) is 0 Å². The highest BCUT2D eigenvalue weighted by Crippen LogP contribution is 2.23. The molecule has 0 N–H and O–H groups in total. The van der Waals surface area contributed by atoms with Crippen molar-refractivity contribution in [2.24, 2.45) is 0 Å². The molecule has 4 nitrogen and oxygen atoms in total. The minimum absolute atomic E-state index is 0.494. The van der Waals surface area contributed by atoms with Crippen molar-refractivity contribution in [1.29, 1.82) is 5.26 Å². The standard InChI is InChI=1S/C11H13NO3S/c1-3-11(15-16(2,13)14)10-6-4-5-9(7-10)8-12/h4-7,11H,3H2,1-2H3/t11-/m0/s1. The van der Waals surface area contributed by atoms with Gasteiger partial charge in [-0.1, -0.05) is 19.1 Å². The van der Waals surface area contributed by atoms with E-state index in [4.69, 9.17) is 9.44 Å². The molecule has 0 fully saturated rings. The van der Waals surface area contributed by atoms with Crippen molar-refractivity contribution in [3.63, 3.8) is 0 Å². The van der Waals surface area contributed by atoms with E-state index in [0.29, 0.717) is 17.5 Å². The molecule has 0 aromatic heterocycles. The van der Waals surface area contributed by atoms with Gasteiger partial charge in [-0.3, -0.25) is 4.18 Å². The van der Waals surface area contributed by atoms with Crippen LogP contribution in [0.1, 0.15) is 30.6 Å². The Kier molecular flexibility index (Phi) is 4.05. The number of nitrogens with zero attached hydrogens (tertiary/aromatic N) is 1. The number of hydrogen-bond donors (Lipinski definition) is 0. The topological polar surface area (TPSA) is 67.2 Å². The Labute approximate surface area is 95.6 Å². The zero-order chi connectivity index (χ0) is 12.2. The van der Waals surface area contributed by atoms with Gasteiger partial charge in [0.25, 0.3) is 10.1 Å². The van der Waals surface area contributed by atoms with E-state index in [2.05, 4.69) is 0 Å². The van der Waals surface area contributed by atoms with Crippen molar-refractivity contribution in [3.8, 4) is 6.07 Å². The smallest absolute Gasteiger partial charge is 0.262 e. The molecule has 0 spiro atoms. The van der Waals surface area contributed by atoms with Crippen molar-refractivity contribution in [2.75, 3.05) is 6.26 Å². The Balaban J connectivity index is 3.00. The molecule has 0 unspecified atom stereocenters. The number of nitriles is 1. The lowest BCUT2D eigenvalue weighted by molar-refractivity contribution is 0.211. The van der Waals surface area contributed by atoms with Crippen LogP contribution in [0.3, 0.4) is 0 Å². The predicted octanol–water partition coefficient (Wildman–Crippen LogP) is 1.99. The molecule has 0 heterocycles. The molecule has 0 saturated carbocycles. The van der Waals surface area contributed by atoms with Gasteiger partial charge < -0.3 is 0 Å². The van der Waals surface area contributed by atoms with Crippen LogP contribution >= 0.6 is 0 Å². The molecular weight excluding hydrogens is 226 g/mol. The zero-order valence-corrected chi connectivity index (χ0v) is 9.99. The first-order valence-electron chi connectivity index (χ1n) is 4.84. The fraction of sp³-hybridized carbons (Fsp3) is 0.364. The van der Waals surface area contributed by atoms with Crippen molar-refractivity contribution in [1.82, 2.24) is 0 Å². The van der Waals surface area contributed by atoms with Gasteiger partial charge in [0.2, 0.25) is 0 Å².